The first-order chi connectivity index (χ1) is 7.26. The molecule has 94 valence electrons. The molecule has 0 unspecified atom stereocenters. The molecule has 4 nitrogen and oxygen atoms in total. The predicted molar refractivity (Wildman–Crippen MR) is 66.8 cm³/mol. The largest absolute Gasteiger partial charge is 0.387 e. The summed E-state index contributed by atoms with van der Waals surface area (Å²) in [6, 6.07) is 0. The van der Waals surface area contributed by atoms with E-state index in [1.807, 2.05) is 13.8 Å². The first kappa shape index (κ1) is 13.5. The number of nitrogens with one attached hydrogen (secondary N) is 1. The molecule has 0 aromatic carbocycles. The zero-order valence-corrected chi connectivity index (χ0v) is 11.0. The number of amidine groups is 1. The summed E-state index contributed by atoms with van der Waals surface area (Å²) in [5.41, 5.74) is 5.50. The summed E-state index contributed by atoms with van der Waals surface area (Å²) in [6.07, 6.45) is 0.922. The molecule has 0 saturated carbocycles. The second kappa shape index (κ2) is 4.72. The molecule has 1 fully saturated rings. The van der Waals surface area contributed by atoms with Gasteiger partial charge in [0.15, 0.2) is 0 Å². The molecular weight excluding hydrogens is 202 g/mol. The van der Waals surface area contributed by atoms with E-state index in [4.69, 9.17) is 15.9 Å². The standard InChI is InChI=1S/C12H25N3O/c1-11(2,10(13)14)5-6-15-7-8-16-9-12(15,3)4/h5-9H2,1-4H3,(H3,13,14). The van der Waals surface area contributed by atoms with Gasteiger partial charge in [-0.3, -0.25) is 10.3 Å². The summed E-state index contributed by atoms with van der Waals surface area (Å²) in [6.45, 7) is 12.0. The molecule has 0 atom stereocenters. The number of morpholine rings is 1. The van der Waals surface area contributed by atoms with Crippen molar-refractivity contribution in [2.24, 2.45) is 11.1 Å². The number of nitrogens with zero attached hydrogens (tertiary/aromatic N) is 1. The van der Waals surface area contributed by atoms with Crippen molar-refractivity contribution in [3.63, 3.8) is 0 Å². The van der Waals surface area contributed by atoms with Crippen LogP contribution in [0.3, 0.4) is 0 Å². The molecule has 0 aromatic rings. The Morgan fingerprint density at radius 3 is 2.62 bits per heavy atom. The highest BCUT2D eigenvalue weighted by Gasteiger charge is 2.32. The number of hydrogen-bond acceptors (Lipinski definition) is 3. The van der Waals surface area contributed by atoms with Gasteiger partial charge in [0.25, 0.3) is 0 Å². The van der Waals surface area contributed by atoms with Crippen molar-refractivity contribution < 1.29 is 4.74 Å². The van der Waals surface area contributed by atoms with E-state index >= 15 is 0 Å². The average molecular weight is 227 g/mol. The Bertz CT molecular complexity index is 261. The van der Waals surface area contributed by atoms with Crippen LogP contribution >= 0.6 is 0 Å². The number of hydrogen-bond donors (Lipinski definition) is 2. The van der Waals surface area contributed by atoms with Gasteiger partial charge < -0.3 is 10.5 Å². The van der Waals surface area contributed by atoms with Crippen LogP contribution in [0.4, 0.5) is 0 Å². The summed E-state index contributed by atoms with van der Waals surface area (Å²) in [5.74, 6) is 0.276. The maximum atomic E-state index is 7.55. The lowest BCUT2D eigenvalue weighted by molar-refractivity contribution is -0.0532. The molecule has 1 aliphatic heterocycles. The van der Waals surface area contributed by atoms with E-state index in [0.717, 1.165) is 32.7 Å². The van der Waals surface area contributed by atoms with Gasteiger partial charge in [0.05, 0.1) is 19.0 Å². The molecule has 0 aliphatic carbocycles. The SMILES string of the molecule is CC(C)(CCN1CCOCC1(C)C)C(=N)N. The molecule has 1 heterocycles. The van der Waals surface area contributed by atoms with E-state index < -0.39 is 0 Å². The van der Waals surface area contributed by atoms with E-state index in [9.17, 15) is 0 Å². The third-order valence-electron chi connectivity index (χ3n) is 3.55. The summed E-state index contributed by atoms with van der Waals surface area (Å²) < 4.78 is 5.49. The van der Waals surface area contributed by atoms with Gasteiger partial charge in [-0.05, 0) is 26.8 Å². The minimum absolute atomic E-state index is 0.102. The first-order valence-corrected chi connectivity index (χ1v) is 5.93. The van der Waals surface area contributed by atoms with E-state index in [-0.39, 0.29) is 16.8 Å². The molecule has 0 bridgehead atoms. The number of rotatable bonds is 4. The van der Waals surface area contributed by atoms with Crippen LogP contribution in [0.15, 0.2) is 0 Å². The van der Waals surface area contributed by atoms with Crippen molar-refractivity contribution in [3.05, 3.63) is 0 Å². The van der Waals surface area contributed by atoms with Gasteiger partial charge in [0.2, 0.25) is 0 Å². The fraction of sp³-hybridized carbons (Fsp3) is 0.917. The van der Waals surface area contributed by atoms with Crippen molar-refractivity contribution in [2.75, 3.05) is 26.3 Å². The molecule has 16 heavy (non-hydrogen) atoms. The molecule has 1 saturated heterocycles. The molecule has 0 radical (unpaired) electrons. The second-order valence-corrected chi connectivity index (χ2v) is 5.90. The quantitative estimate of drug-likeness (QED) is 0.564. The highest BCUT2D eigenvalue weighted by atomic mass is 16.5. The van der Waals surface area contributed by atoms with E-state index in [2.05, 4.69) is 18.7 Å². The topological polar surface area (TPSA) is 62.3 Å². The molecule has 4 heteroatoms. The monoisotopic (exact) mass is 227 g/mol. The van der Waals surface area contributed by atoms with Crippen LogP contribution in [0.2, 0.25) is 0 Å². The summed E-state index contributed by atoms with van der Waals surface area (Å²) in [7, 11) is 0. The molecule has 1 aliphatic rings. The lowest BCUT2D eigenvalue weighted by Gasteiger charge is -2.43. The zero-order chi connectivity index (χ0) is 12.4. The molecular formula is C12H25N3O. The third-order valence-corrected chi connectivity index (χ3v) is 3.55. The van der Waals surface area contributed by atoms with Crippen LogP contribution < -0.4 is 5.73 Å². The molecule has 1 rings (SSSR count). The van der Waals surface area contributed by atoms with Crippen LogP contribution in [0, 0.1) is 10.8 Å². The third kappa shape index (κ3) is 3.19. The number of nitrogens with two attached hydrogens (primary N) is 1. The van der Waals surface area contributed by atoms with Crippen molar-refractivity contribution >= 4 is 5.84 Å². The average Bonchev–Trinajstić information content (AvgIpc) is 2.15. The molecule has 0 amide bonds. The van der Waals surface area contributed by atoms with E-state index in [0.29, 0.717) is 0 Å². The van der Waals surface area contributed by atoms with Crippen molar-refractivity contribution in [1.29, 1.82) is 5.41 Å². The van der Waals surface area contributed by atoms with E-state index in [1.165, 1.54) is 0 Å². The molecule has 3 N–H and O–H groups in total. The van der Waals surface area contributed by atoms with Crippen molar-refractivity contribution in [2.45, 2.75) is 39.7 Å². The summed E-state index contributed by atoms with van der Waals surface area (Å²) in [4.78, 5) is 2.43. The smallest absolute Gasteiger partial charge is 0.0963 e. The minimum atomic E-state index is -0.200. The highest BCUT2D eigenvalue weighted by Crippen LogP contribution is 2.24. The fourth-order valence-electron chi connectivity index (χ4n) is 1.85. The highest BCUT2D eigenvalue weighted by molar-refractivity contribution is 5.82. The van der Waals surface area contributed by atoms with Crippen LogP contribution in [-0.4, -0.2) is 42.6 Å². The van der Waals surface area contributed by atoms with Crippen LogP contribution in [0.1, 0.15) is 34.1 Å². The Hall–Kier alpha value is -0.610. The fourth-order valence-corrected chi connectivity index (χ4v) is 1.85. The van der Waals surface area contributed by atoms with Gasteiger partial charge in [-0.25, -0.2) is 0 Å². The van der Waals surface area contributed by atoms with Crippen molar-refractivity contribution in [1.82, 2.24) is 4.90 Å². The van der Waals surface area contributed by atoms with Gasteiger partial charge in [-0.15, -0.1) is 0 Å². The van der Waals surface area contributed by atoms with E-state index in [1.54, 1.807) is 0 Å². The molecule has 0 aromatic heterocycles. The Labute approximate surface area is 98.6 Å². The normalized spacial score (nSPS) is 22.0. The van der Waals surface area contributed by atoms with Crippen LogP contribution in [0.25, 0.3) is 0 Å². The van der Waals surface area contributed by atoms with Gasteiger partial charge >= 0.3 is 0 Å². The van der Waals surface area contributed by atoms with Crippen LogP contribution in [0.5, 0.6) is 0 Å². The summed E-state index contributed by atoms with van der Waals surface area (Å²) >= 11 is 0. The Kier molecular flexibility index (Phi) is 3.97. The van der Waals surface area contributed by atoms with Gasteiger partial charge in [0, 0.05) is 17.5 Å². The van der Waals surface area contributed by atoms with Gasteiger partial charge in [0.1, 0.15) is 0 Å². The van der Waals surface area contributed by atoms with Crippen molar-refractivity contribution in [3.8, 4) is 0 Å². The predicted octanol–water partition coefficient (Wildman–Crippen LogP) is 1.45. The summed E-state index contributed by atoms with van der Waals surface area (Å²) in [5, 5.41) is 7.55. The van der Waals surface area contributed by atoms with Gasteiger partial charge in [-0.1, -0.05) is 13.8 Å². The lowest BCUT2D eigenvalue weighted by Crippen LogP contribution is -2.54. The van der Waals surface area contributed by atoms with Crippen LogP contribution in [-0.2, 0) is 4.74 Å². The Morgan fingerprint density at radius 2 is 2.12 bits per heavy atom. The van der Waals surface area contributed by atoms with Gasteiger partial charge in [-0.2, -0.15) is 0 Å². The molecule has 0 spiro atoms. The Balaban J connectivity index is 2.51. The number of ether oxygens (including phenoxy) is 1. The zero-order valence-electron chi connectivity index (χ0n) is 11.0. The Morgan fingerprint density at radius 1 is 1.50 bits per heavy atom. The maximum absolute atomic E-state index is 7.55. The lowest BCUT2D eigenvalue weighted by atomic mass is 9.87. The maximum Gasteiger partial charge on any atom is 0.0963 e. The minimum Gasteiger partial charge on any atom is -0.387 e. The first-order valence-electron chi connectivity index (χ1n) is 5.93. The second-order valence-electron chi connectivity index (χ2n) is 5.90.